The average Bonchev–Trinajstić information content (AvgIpc) is 2.55. The summed E-state index contributed by atoms with van der Waals surface area (Å²) in [7, 11) is 2.16. The number of halogens is 1. The Labute approximate surface area is 158 Å². The second-order valence-corrected chi connectivity index (χ2v) is 5.50. The number of likely N-dealkylation sites (N-methyl/N-ethyl adjacent to an activating group) is 1. The second kappa shape index (κ2) is 13.5. The number of aliphatic imine (C=N–C) groups is 1. The maximum absolute atomic E-state index is 4.63. The van der Waals surface area contributed by atoms with Crippen LogP contribution in [0.4, 0.5) is 0 Å². The third-order valence-electron chi connectivity index (χ3n) is 3.81. The molecular formula is C17H32IN5. The van der Waals surface area contributed by atoms with Crippen molar-refractivity contribution in [1.29, 1.82) is 0 Å². The van der Waals surface area contributed by atoms with E-state index >= 15 is 0 Å². The van der Waals surface area contributed by atoms with Gasteiger partial charge in [0.15, 0.2) is 5.96 Å². The summed E-state index contributed by atoms with van der Waals surface area (Å²) in [6, 6.07) is 6.62. The Kier molecular flexibility index (Phi) is 13.0. The zero-order valence-corrected chi connectivity index (χ0v) is 17.2. The minimum atomic E-state index is 0. The summed E-state index contributed by atoms with van der Waals surface area (Å²) < 4.78 is 0. The Morgan fingerprint density at radius 2 is 2.09 bits per heavy atom. The van der Waals surface area contributed by atoms with Gasteiger partial charge < -0.3 is 15.5 Å². The van der Waals surface area contributed by atoms with Crippen LogP contribution in [-0.4, -0.2) is 55.1 Å². The topological polar surface area (TPSA) is 52.6 Å². The van der Waals surface area contributed by atoms with Gasteiger partial charge in [-0.1, -0.05) is 13.0 Å². The molecule has 0 aliphatic rings. The first-order valence-electron chi connectivity index (χ1n) is 8.29. The van der Waals surface area contributed by atoms with Crippen molar-refractivity contribution in [2.24, 2.45) is 4.99 Å². The highest BCUT2D eigenvalue weighted by molar-refractivity contribution is 14.0. The third kappa shape index (κ3) is 9.76. The lowest BCUT2D eigenvalue weighted by Gasteiger charge is -2.22. The van der Waals surface area contributed by atoms with E-state index in [0.29, 0.717) is 6.04 Å². The smallest absolute Gasteiger partial charge is 0.191 e. The summed E-state index contributed by atoms with van der Waals surface area (Å²) in [5.74, 6) is 0.885. The summed E-state index contributed by atoms with van der Waals surface area (Å²) in [6.07, 6.45) is 3.90. The first kappa shape index (κ1) is 22.1. The van der Waals surface area contributed by atoms with E-state index in [9.17, 15) is 0 Å². The molecule has 5 nitrogen and oxygen atoms in total. The van der Waals surface area contributed by atoms with Crippen LogP contribution < -0.4 is 10.6 Å². The molecule has 0 saturated heterocycles. The van der Waals surface area contributed by atoms with Crippen molar-refractivity contribution in [3.63, 3.8) is 0 Å². The number of guanidine groups is 1. The van der Waals surface area contributed by atoms with Crippen molar-refractivity contribution in [2.75, 3.05) is 33.2 Å². The molecule has 0 amide bonds. The van der Waals surface area contributed by atoms with Crippen molar-refractivity contribution in [3.8, 4) is 0 Å². The third-order valence-corrected chi connectivity index (χ3v) is 3.81. The average molecular weight is 433 g/mol. The molecule has 1 atom stereocenters. The van der Waals surface area contributed by atoms with E-state index in [-0.39, 0.29) is 24.0 Å². The Hall–Kier alpha value is -0.890. The Morgan fingerprint density at radius 1 is 1.30 bits per heavy atom. The van der Waals surface area contributed by atoms with Crippen molar-refractivity contribution in [2.45, 2.75) is 39.7 Å². The normalized spacial score (nSPS) is 12.7. The molecule has 1 unspecified atom stereocenters. The number of hydrogen-bond acceptors (Lipinski definition) is 3. The van der Waals surface area contributed by atoms with Gasteiger partial charge in [-0.3, -0.25) is 9.98 Å². The summed E-state index contributed by atoms with van der Waals surface area (Å²) >= 11 is 0. The van der Waals surface area contributed by atoms with Gasteiger partial charge in [0.05, 0.1) is 6.54 Å². The lowest BCUT2D eigenvalue weighted by Crippen LogP contribution is -2.39. The van der Waals surface area contributed by atoms with E-state index < -0.39 is 0 Å². The number of rotatable bonds is 9. The minimum absolute atomic E-state index is 0. The quantitative estimate of drug-likeness (QED) is 0.357. The fraction of sp³-hybridized carbons (Fsp3) is 0.647. The van der Waals surface area contributed by atoms with E-state index in [1.54, 1.807) is 0 Å². The first-order valence-corrected chi connectivity index (χ1v) is 8.29. The van der Waals surface area contributed by atoms with E-state index in [1.807, 2.05) is 24.4 Å². The standard InChI is InChI=1S/C17H31N5.HI/c1-5-15(3)22(4)14-13-21-17(18-6-2)20-12-10-16-9-7-8-11-19-16;/h7-9,11,15H,5-6,10,12-14H2,1-4H3,(H2,18,20,21);1H. The Bertz CT molecular complexity index is 424. The molecule has 1 aromatic rings. The zero-order chi connectivity index (χ0) is 16.2. The maximum Gasteiger partial charge on any atom is 0.191 e. The highest BCUT2D eigenvalue weighted by atomic mass is 127. The molecule has 0 fully saturated rings. The molecule has 1 rings (SSSR count). The molecule has 0 spiro atoms. The molecule has 0 aliphatic heterocycles. The molecular weight excluding hydrogens is 401 g/mol. The fourth-order valence-electron chi connectivity index (χ4n) is 2.05. The number of nitrogens with one attached hydrogen (secondary N) is 2. The van der Waals surface area contributed by atoms with Gasteiger partial charge in [0.2, 0.25) is 0 Å². The van der Waals surface area contributed by atoms with Gasteiger partial charge in [0, 0.05) is 44.0 Å². The number of pyridine rings is 1. The predicted octanol–water partition coefficient (Wildman–Crippen LogP) is 2.53. The molecule has 1 heterocycles. The van der Waals surface area contributed by atoms with E-state index in [0.717, 1.165) is 44.3 Å². The van der Waals surface area contributed by atoms with Crippen molar-refractivity contribution in [1.82, 2.24) is 20.5 Å². The summed E-state index contributed by atoms with van der Waals surface area (Å²) in [5, 5.41) is 6.65. The van der Waals surface area contributed by atoms with E-state index in [2.05, 4.69) is 53.3 Å². The van der Waals surface area contributed by atoms with Gasteiger partial charge in [0.25, 0.3) is 0 Å². The SMILES string of the molecule is CCNC(=NCCN(C)C(C)CC)NCCc1ccccn1.I. The Morgan fingerprint density at radius 3 is 2.70 bits per heavy atom. The largest absolute Gasteiger partial charge is 0.357 e. The van der Waals surface area contributed by atoms with Gasteiger partial charge in [0.1, 0.15) is 0 Å². The van der Waals surface area contributed by atoms with Crippen molar-refractivity contribution in [3.05, 3.63) is 30.1 Å². The molecule has 1 aromatic heterocycles. The predicted molar refractivity (Wildman–Crippen MR) is 110 cm³/mol. The van der Waals surface area contributed by atoms with Crippen LogP contribution in [0, 0.1) is 0 Å². The molecule has 0 bridgehead atoms. The van der Waals surface area contributed by atoms with E-state index in [4.69, 9.17) is 0 Å². The van der Waals surface area contributed by atoms with Crippen LogP contribution in [0.15, 0.2) is 29.4 Å². The second-order valence-electron chi connectivity index (χ2n) is 5.50. The van der Waals surface area contributed by atoms with Gasteiger partial charge in [-0.15, -0.1) is 24.0 Å². The molecule has 23 heavy (non-hydrogen) atoms. The van der Waals surface area contributed by atoms with Crippen molar-refractivity contribution >= 4 is 29.9 Å². The lowest BCUT2D eigenvalue weighted by molar-refractivity contribution is 0.259. The molecule has 6 heteroatoms. The molecule has 0 aromatic carbocycles. The molecule has 132 valence electrons. The van der Waals surface area contributed by atoms with E-state index in [1.165, 1.54) is 6.42 Å². The lowest BCUT2D eigenvalue weighted by atomic mass is 10.2. The number of aromatic nitrogens is 1. The van der Waals surface area contributed by atoms with Crippen LogP contribution in [0.5, 0.6) is 0 Å². The summed E-state index contributed by atoms with van der Waals surface area (Å²) in [4.78, 5) is 11.3. The van der Waals surface area contributed by atoms with Crippen LogP contribution in [0.1, 0.15) is 32.9 Å². The number of hydrogen-bond donors (Lipinski definition) is 2. The van der Waals surface area contributed by atoms with Crippen molar-refractivity contribution < 1.29 is 0 Å². The fourth-order valence-corrected chi connectivity index (χ4v) is 2.05. The van der Waals surface area contributed by atoms with Gasteiger partial charge in [-0.2, -0.15) is 0 Å². The monoisotopic (exact) mass is 433 g/mol. The summed E-state index contributed by atoms with van der Waals surface area (Å²) in [5.41, 5.74) is 1.10. The molecule has 2 N–H and O–H groups in total. The molecule has 0 radical (unpaired) electrons. The van der Waals surface area contributed by atoms with Gasteiger partial charge in [-0.25, -0.2) is 0 Å². The van der Waals surface area contributed by atoms with Crippen LogP contribution in [0.25, 0.3) is 0 Å². The molecule has 0 saturated carbocycles. The zero-order valence-electron chi connectivity index (χ0n) is 14.9. The highest BCUT2D eigenvalue weighted by Gasteiger charge is 2.05. The van der Waals surface area contributed by atoms with Gasteiger partial charge in [-0.05, 0) is 39.4 Å². The van der Waals surface area contributed by atoms with Crippen LogP contribution in [0.2, 0.25) is 0 Å². The number of nitrogens with zero attached hydrogens (tertiary/aromatic N) is 3. The minimum Gasteiger partial charge on any atom is -0.357 e. The molecule has 0 aliphatic carbocycles. The van der Waals surface area contributed by atoms with Gasteiger partial charge >= 0.3 is 0 Å². The summed E-state index contributed by atoms with van der Waals surface area (Å²) in [6.45, 7) is 10.0. The van der Waals surface area contributed by atoms with Crippen LogP contribution in [-0.2, 0) is 6.42 Å². The Balaban J connectivity index is 0.00000484. The first-order chi connectivity index (χ1) is 10.7. The maximum atomic E-state index is 4.63. The van der Waals surface area contributed by atoms with Crippen LogP contribution >= 0.6 is 24.0 Å². The highest BCUT2D eigenvalue weighted by Crippen LogP contribution is 1.99. The van der Waals surface area contributed by atoms with Crippen LogP contribution in [0.3, 0.4) is 0 Å².